The Morgan fingerprint density at radius 2 is 1.81 bits per heavy atom. The van der Waals surface area contributed by atoms with Crippen molar-refractivity contribution in [2.24, 2.45) is 0 Å². The first-order valence-electron chi connectivity index (χ1n) is 12.7. The number of hydrogen-bond donors (Lipinski definition) is 0. The predicted octanol–water partition coefficient (Wildman–Crippen LogP) is 2.12. The molecule has 2 atom stereocenters. The Labute approximate surface area is 210 Å². The Morgan fingerprint density at radius 1 is 1.08 bits per heavy atom. The first-order valence-corrected chi connectivity index (χ1v) is 12.7. The van der Waals surface area contributed by atoms with Crippen molar-refractivity contribution in [3.05, 3.63) is 41.0 Å². The normalized spacial score (nSPS) is 22.1. The number of hydrogen-bond acceptors (Lipinski definition) is 6. The van der Waals surface area contributed by atoms with E-state index in [4.69, 9.17) is 9.47 Å². The van der Waals surface area contributed by atoms with Gasteiger partial charge in [-0.2, -0.15) is 5.10 Å². The largest absolute Gasteiger partial charge is 0.494 e. The SMILES string of the molecule is COc1cccc(N2CCN(C(=O)Cn3nc(C(=O)N4C[C@@H](C)O[C@@H](C)C4)c4c3CCC4)CC2)c1F. The monoisotopic (exact) mass is 499 g/mol. The maximum absolute atomic E-state index is 14.7. The molecule has 2 saturated heterocycles. The predicted molar refractivity (Wildman–Crippen MR) is 132 cm³/mol. The number of aromatic nitrogens is 2. The van der Waals surface area contributed by atoms with Gasteiger partial charge in [0.2, 0.25) is 5.91 Å². The van der Waals surface area contributed by atoms with Crippen molar-refractivity contribution in [3.63, 3.8) is 0 Å². The molecule has 0 saturated carbocycles. The molecule has 9 nitrogen and oxygen atoms in total. The average Bonchev–Trinajstić information content (AvgIpc) is 3.47. The van der Waals surface area contributed by atoms with E-state index >= 15 is 0 Å². The highest BCUT2D eigenvalue weighted by molar-refractivity contribution is 5.94. The molecule has 0 bridgehead atoms. The minimum absolute atomic E-state index is 0.0153. The number of carbonyl (C=O) groups is 2. The molecule has 2 aliphatic heterocycles. The lowest BCUT2D eigenvalue weighted by atomic mass is 10.1. The van der Waals surface area contributed by atoms with Crippen molar-refractivity contribution in [2.45, 2.75) is 51.9 Å². The zero-order valence-corrected chi connectivity index (χ0v) is 21.2. The van der Waals surface area contributed by atoms with Crippen LogP contribution in [-0.2, 0) is 28.9 Å². The second-order valence-corrected chi connectivity index (χ2v) is 9.91. The molecule has 2 aromatic rings. The quantitative estimate of drug-likeness (QED) is 0.627. The maximum Gasteiger partial charge on any atom is 0.274 e. The Hall–Kier alpha value is -3.14. The van der Waals surface area contributed by atoms with Crippen LogP contribution < -0.4 is 9.64 Å². The van der Waals surface area contributed by atoms with Gasteiger partial charge in [-0.1, -0.05) is 6.07 Å². The number of benzene rings is 1. The number of rotatable bonds is 5. The van der Waals surface area contributed by atoms with Gasteiger partial charge < -0.3 is 24.2 Å². The first kappa shape index (κ1) is 24.5. The van der Waals surface area contributed by atoms with Crippen LogP contribution in [0.2, 0.25) is 0 Å². The van der Waals surface area contributed by atoms with E-state index in [0.29, 0.717) is 50.6 Å². The molecule has 1 aliphatic carbocycles. The summed E-state index contributed by atoms with van der Waals surface area (Å²) < 4.78 is 27.3. The van der Waals surface area contributed by atoms with Crippen molar-refractivity contribution < 1.29 is 23.5 Å². The van der Waals surface area contributed by atoms with Crippen LogP contribution in [0.15, 0.2) is 18.2 Å². The molecule has 0 radical (unpaired) electrons. The smallest absolute Gasteiger partial charge is 0.274 e. The summed E-state index contributed by atoms with van der Waals surface area (Å²) in [5, 5.41) is 4.65. The van der Waals surface area contributed by atoms with Crippen LogP contribution in [0, 0.1) is 5.82 Å². The number of halogens is 1. The topological polar surface area (TPSA) is 80.1 Å². The van der Waals surface area contributed by atoms with Gasteiger partial charge in [-0.25, -0.2) is 4.39 Å². The second-order valence-electron chi connectivity index (χ2n) is 9.91. The van der Waals surface area contributed by atoms with Gasteiger partial charge in [-0.3, -0.25) is 14.3 Å². The Morgan fingerprint density at radius 3 is 2.50 bits per heavy atom. The number of piperazine rings is 1. The van der Waals surface area contributed by atoms with Crippen LogP contribution in [0.25, 0.3) is 0 Å². The van der Waals surface area contributed by atoms with Gasteiger partial charge in [-0.15, -0.1) is 0 Å². The standard InChI is InChI=1S/C26H34FN5O4/c1-17-14-31(15-18(2)36-17)26(34)25-19-6-4-7-20(19)32(28-25)16-23(33)30-12-10-29(11-13-30)21-8-5-9-22(35-3)24(21)27/h5,8-9,17-18H,4,6-7,10-16H2,1-3H3/t17-,18+. The third-order valence-corrected chi connectivity index (χ3v) is 7.34. The van der Waals surface area contributed by atoms with E-state index in [2.05, 4.69) is 5.10 Å². The third kappa shape index (κ3) is 4.66. The summed E-state index contributed by atoms with van der Waals surface area (Å²) in [6.45, 7) is 7.19. The molecule has 194 valence electrons. The summed E-state index contributed by atoms with van der Waals surface area (Å²) in [5.41, 5.74) is 2.95. The minimum atomic E-state index is -0.381. The summed E-state index contributed by atoms with van der Waals surface area (Å²) in [6.07, 6.45) is 2.56. The molecule has 3 aliphatic rings. The summed E-state index contributed by atoms with van der Waals surface area (Å²) >= 11 is 0. The Balaban J connectivity index is 1.25. The lowest BCUT2D eigenvalue weighted by Gasteiger charge is -2.36. The minimum Gasteiger partial charge on any atom is -0.494 e. The van der Waals surface area contributed by atoms with E-state index in [9.17, 15) is 14.0 Å². The van der Waals surface area contributed by atoms with E-state index in [0.717, 1.165) is 30.5 Å². The number of ether oxygens (including phenoxy) is 2. The highest BCUT2D eigenvalue weighted by atomic mass is 19.1. The van der Waals surface area contributed by atoms with Crippen molar-refractivity contribution in [2.75, 3.05) is 51.3 Å². The molecule has 0 N–H and O–H groups in total. The number of amides is 2. The molecular weight excluding hydrogens is 465 g/mol. The molecular formula is C26H34FN5O4. The second kappa shape index (κ2) is 10.1. The van der Waals surface area contributed by atoms with Crippen LogP contribution in [0.1, 0.15) is 42.0 Å². The number of fused-ring (bicyclic) bond motifs is 1. The fraction of sp³-hybridized carbons (Fsp3) is 0.577. The average molecular weight is 500 g/mol. The van der Waals surface area contributed by atoms with Gasteiger partial charge in [0, 0.05) is 50.5 Å². The number of methoxy groups -OCH3 is 1. The molecule has 0 spiro atoms. The molecule has 36 heavy (non-hydrogen) atoms. The molecule has 0 unspecified atom stereocenters. The van der Waals surface area contributed by atoms with Crippen molar-refractivity contribution in [1.82, 2.24) is 19.6 Å². The lowest BCUT2D eigenvalue weighted by Crippen LogP contribution is -2.50. The zero-order valence-electron chi connectivity index (χ0n) is 21.2. The van der Waals surface area contributed by atoms with E-state index in [1.165, 1.54) is 7.11 Å². The molecule has 2 fully saturated rings. The molecule has 10 heteroatoms. The van der Waals surface area contributed by atoms with Crippen LogP contribution in [-0.4, -0.2) is 90.0 Å². The van der Waals surface area contributed by atoms with E-state index in [1.54, 1.807) is 27.8 Å². The number of nitrogens with zero attached hydrogens (tertiary/aromatic N) is 5. The summed E-state index contributed by atoms with van der Waals surface area (Å²) in [5.74, 6) is -0.279. The van der Waals surface area contributed by atoms with Crippen LogP contribution in [0.4, 0.5) is 10.1 Å². The van der Waals surface area contributed by atoms with Crippen molar-refractivity contribution in [1.29, 1.82) is 0 Å². The van der Waals surface area contributed by atoms with Crippen LogP contribution in [0.5, 0.6) is 5.75 Å². The van der Waals surface area contributed by atoms with Gasteiger partial charge >= 0.3 is 0 Å². The summed E-state index contributed by atoms with van der Waals surface area (Å²) in [4.78, 5) is 32.1. The zero-order chi connectivity index (χ0) is 25.4. The van der Waals surface area contributed by atoms with Crippen molar-refractivity contribution >= 4 is 17.5 Å². The number of anilines is 1. The molecule has 1 aromatic heterocycles. The maximum atomic E-state index is 14.7. The molecule has 2 amide bonds. The van der Waals surface area contributed by atoms with Crippen LogP contribution in [0.3, 0.4) is 0 Å². The Kier molecular flexibility index (Phi) is 6.87. The summed E-state index contributed by atoms with van der Waals surface area (Å²) in [7, 11) is 1.45. The first-order chi connectivity index (χ1) is 17.4. The van der Waals surface area contributed by atoms with Gasteiger partial charge in [0.1, 0.15) is 6.54 Å². The van der Waals surface area contributed by atoms with E-state index < -0.39 is 0 Å². The number of carbonyl (C=O) groups excluding carboxylic acids is 2. The highest BCUT2D eigenvalue weighted by Gasteiger charge is 2.33. The molecule has 3 heterocycles. The molecule has 1 aromatic carbocycles. The number of morpholine rings is 1. The van der Waals surface area contributed by atoms with Crippen molar-refractivity contribution in [3.8, 4) is 5.75 Å². The Bertz CT molecular complexity index is 1130. The van der Waals surface area contributed by atoms with Crippen LogP contribution >= 0.6 is 0 Å². The van der Waals surface area contributed by atoms with Gasteiger partial charge in [-0.05, 0) is 45.2 Å². The van der Waals surface area contributed by atoms with Gasteiger partial charge in [0.15, 0.2) is 17.3 Å². The van der Waals surface area contributed by atoms with Gasteiger partial charge in [0.25, 0.3) is 5.91 Å². The molecule has 5 rings (SSSR count). The highest BCUT2D eigenvalue weighted by Crippen LogP contribution is 2.29. The fourth-order valence-corrected chi connectivity index (χ4v) is 5.63. The lowest BCUT2D eigenvalue weighted by molar-refractivity contribution is -0.132. The van der Waals surface area contributed by atoms with E-state index in [-0.39, 0.29) is 42.1 Å². The van der Waals surface area contributed by atoms with E-state index in [1.807, 2.05) is 23.6 Å². The summed E-state index contributed by atoms with van der Waals surface area (Å²) in [6, 6.07) is 5.10. The van der Waals surface area contributed by atoms with Gasteiger partial charge in [0.05, 0.1) is 25.0 Å². The fourth-order valence-electron chi connectivity index (χ4n) is 5.63. The third-order valence-electron chi connectivity index (χ3n) is 7.34.